The second-order valence-corrected chi connectivity index (χ2v) is 7.98. The van der Waals surface area contributed by atoms with Crippen molar-refractivity contribution in [1.29, 1.82) is 0 Å². The van der Waals surface area contributed by atoms with Gasteiger partial charge in [-0.05, 0) is 42.7 Å². The molecule has 1 aromatic carbocycles. The number of hydrogen-bond acceptors (Lipinski definition) is 4. The van der Waals surface area contributed by atoms with Gasteiger partial charge in [0.05, 0.1) is 6.26 Å². The van der Waals surface area contributed by atoms with Crippen molar-refractivity contribution in [3.63, 3.8) is 0 Å². The second-order valence-electron chi connectivity index (χ2n) is 7.98. The van der Waals surface area contributed by atoms with Gasteiger partial charge >= 0.3 is 6.03 Å². The zero-order valence-corrected chi connectivity index (χ0v) is 21.2. The van der Waals surface area contributed by atoms with Crippen molar-refractivity contribution < 1.29 is 14.0 Å². The molecular formula is C23H31IN6O3. The molecule has 0 spiro atoms. The zero-order valence-electron chi connectivity index (χ0n) is 18.8. The maximum Gasteiger partial charge on any atom is 0.321 e. The number of aliphatic imine (C=N–C) groups is 1. The predicted molar refractivity (Wildman–Crippen MR) is 138 cm³/mol. The first-order valence-corrected chi connectivity index (χ1v) is 11.1. The number of piperazine rings is 1. The van der Waals surface area contributed by atoms with Gasteiger partial charge in [-0.3, -0.25) is 9.79 Å². The SMILES string of the molecule is CN=C(NCc1cccc(NC(=O)N2CCCC2)c1)N1CCN(C(=O)c2ccco2)CC1.I. The van der Waals surface area contributed by atoms with E-state index in [1.54, 1.807) is 24.1 Å². The van der Waals surface area contributed by atoms with E-state index < -0.39 is 0 Å². The van der Waals surface area contributed by atoms with Crippen LogP contribution in [0.3, 0.4) is 0 Å². The topological polar surface area (TPSA) is 93.4 Å². The number of nitrogens with zero attached hydrogens (tertiary/aromatic N) is 4. The summed E-state index contributed by atoms with van der Waals surface area (Å²) < 4.78 is 5.22. The van der Waals surface area contributed by atoms with Gasteiger partial charge in [-0.2, -0.15) is 0 Å². The maximum atomic E-state index is 12.4. The molecule has 0 unspecified atom stereocenters. The van der Waals surface area contributed by atoms with Crippen molar-refractivity contribution in [3.05, 3.63) is 54.0 Å². The first-order chi connectivity index (χ1) is 15.6. The van der Waals surface area contributed by atoms with Crippen molar-refractivity contribution in [3.8, 4) is 0 Å². The fraction of sp³-hybridized carbons (Fsp3) is 0.435. The van der Waals surface area contributed by atoms with Crippen molar-refractivity contribution in [2.24, 2.45) is 4.99 Å². The summed E-state index contributed by atoms with van der Waals surface area (Å²) in [4.78, 5) is 35.0. The summed E-state index contributed by atoms with van der Waals surface area (Å²) in [5.41, 5.74) is 1.85. The molecule has 3 heterocycles. The summed E-state index contributed by atoms with van der Waals surface area (Å²) in [6.45, 7) is 4.84. The summed E-state index contributed by atoms with van der Waals surface area (Å²) in [7, 11) is 1.76. The van der Waals surface area contributed by atoms with E-state index in [0.717, 1.165) is 43.1 Å². The third-order valence-corrected chi connectivity index (χ3v) is 5.83. The van der Waals surface area contributed by atoms with Crippen LogP contribution in [-0.4, -0.2) is 78.9 Å². The molecule has 2 N–H and O–H groups in total. The molecule has 0 bridgehead atoms. The van der Waals surface area contributed by atoms with Crippen molar-refractivity contribution >= 4 is 47.6 Å². The van der Waals surface area contributed by atoms with Gasteiger partial charge in [0.2, 0.25) is 0 Å². The molecule has 0 radical (unpaired) electrons. The minimum absolute atomic E-state index is 0. The molecule has 2 aliphatic rings. The van der Waals surface area contributed by atoms with Crippen LogP contribution in [-0.2, 0) is 6.54 Å². The highest BCUT2D eigenvalue weighted by atomic mass is 127. The van der Waals surface area contributed by atoms with Crippen LogP contribution in [0.5, 0.6) is 0 Å². The quantitative estimate of drug-likeness (QED) is 0.337. The molecule has 0 aliphatic carbocycles. The number of benzene rings is 1. The summed E-state index contributed by atoms with van der Waals surface area (Å²) in [5, 5.41) is 6.38. The van der Waals surface area contributed by atoms with Gasteiger partial charge in [0.15, 0.2) is 11.7 Å². The molecule has 2 aromatic rings. The standard InChI is InChI=1S/C23H30N6O3.HI/c1-24-22(28-13-11-27(12-14-28)21(30)20-8-5-15-32-20)25-17-18-6-4-7-19(16-18)26-23(31)29-9-2-3-10-29;/h4-8,15-16H,2-3,9-14,17H2,1H3,(H,24,25)(H,26,31);1H. The number of nitrogens with one attached hydrogen (secondary N) is 2. The molecule has 1 aromatic heterocycles. The Kier molecular flexibility index (Phi) is 8.98. The Hall–Kier alpha value is -2.76. The largest absolute Gasteiger partial charge is 0.459 e. The van der Waals surface area contributed by atoms with E-state index in [-0.39, 0.29) is 35.9 Å². The van der Waals surface area contributed by atoms with Crippen molar-refractivity contribution in [1.82, 2.24) is 20.0 Å². The van der Waals surface area contributed by atoms with E-state index in [1.165, 1.54) is 6.26 Å². The number of rotatable bonds is 4. The molecule has 2 aliphatic heterocycles. The molecule has 0 saturated carbocycles. The number of urea groups is 1. The smallest absolute Gasteiger partial charge is 0.321 e. The number of anilines is 1. The Morgan fingerprint density at radius 2 is 1.70 bits per heavy atom. The Morgan fingerprint density at radius 3 is 2.36 bits per heavy atom. The Morgan fingerprint density at radius 1 is 0.970 bits per heavy atom. The van der Waals surface area contributed by atoms with E-state index in [2.05, 4.69) is 20.5 Å². The van der Waals surface area contributed by atoms with Gasteiger partial charge in [0.25, 0.3) is 5.91 Å². The third-order valence-electron chi connectivity index (χ3n) is 5.83. The number of hydrogen-bond donors (Lipinski definition) is 2. The highest BCUT2D eigenvalue weighted by Gasteiger charge is 2.25. The average Bonchev–Trinajstić information content (AvgIpc) is 3.54. The lowest BCUT2D eigenvalue weighted by Crippen LogP contribution is -2.53. The molecule has 178 valence electrons. The van der Waals surface area contributed by atoms with Crippen molar-refractivity contribution in [2.75, 3.05) is 51.6 Å². The Labute approximate surface area is 211 Å². The molecule has 9 nitrogen and oxygen atoms in total. The highest BCUT2D eigenvalue weighted by molar-refractivity contribution is 14.0. The first kappa shape index (κ1) is 24.9. The lowest BCUT2D eigenvalue weighted by Gasteiger charge is -2.36. The lowest BCUT2D eigenvalue weighted by molar-refractivity contribution is 0.0657. The fourth-order valence-corrected chi connectivity index (χ4v) is 4.07. The number of amides is 3. The molecule has 33 heavy (non-hydrogen) atoms. The van der Waals surface area contributed by atoms with E-state index in [4.69, 9.17) is 4.42 Å². The van der Waals surface area contributed by atoms with Gasteiger partial charge in [-0.15, -0.1) is 24.0 Å². The predicted octanol–water partition coefficient (Wildman–Crippen LogP) is 3.06. The molecule has 2 fully saturated rings. The second kappa shape index (κ2) is 11.9. The minimum atomic E-state index is -0.0783. The molecule has 4 rings (SSSR count). The number of carbonyl (C=O) groups excluding carboxylic acids is 2. The number of guanidine groups is 1. The fourth-order valence-electron chi connectivity index (χ4n) is 4.07. The third kappa shape index (κ3) is 6.40. The van der Waals surface area contributed by atoms with Crippen LogP contribution in [0.25, 0.3) is 0 Å². The number of likely N-dealkylation sites (tertiary alicyclic amines) is 1. The first-order valence-electron chi connectivity index (χ1n) is 11.1. The number of halogens is 1. The van der Waals surface area contributed by atoms with E-state index in [1.807, 2.05) is 29.2 Å². The number of carbonyl (C=O) groups is 2. The molecule has 3 amide bonds. The van der Waals surface area contributed by atoms with E-state index in [0.29, 0.717) is 38.5 Å². The monoisotopic (exact) mass is 566 g/mol. The van der Waals surface area contributed by atoms with Crippen LogP contribution in [0.15, 0.2) is 52.1 Å². The van der Waals surface area contributed by atoms with Crippen LogP contribution in [0.1, 0.15) is 29.0 Å². The van der Waals surface area contributed by atoms with Crippen LogP contribution in [0.4, 0.5) is 10.5 Å². The molecule has 0 atom stereocenters. The normalized spacial score (nSPS) is 16.4. The van der Waals surface area contributed by atoms with Crippen LogP contribution in [0.2, 0.25) is 0 Å². The van der Waals surface area contributed by atoms with Crippen LogP contribution >= 0.6 is 24.0 Å². The number of furan rings is 1. The minimum Gasteiger partial charge on any atom is -0.459 e. The van der Waals surface area contributed by atoms with Gasteiger partial charge in [0, 0.05) is 58.5 Å². The maximum absolute atomic E-state index is 12.4. The Bertz CT molecular complexity index is 951. The molecular weight excluding hydrogens is 535 g/mol. The van der Waals surface area contributed by atoms with Gasteiger partial charge < -0.3 is 29.8 Å². The lowest BCUT2D eigenvalue weighted by atomic mass is 10.2. The highest BCUT2D eigenvalue weighted by Crippen LogP contribution is 2.15. The van der Waals surface area contributed by atoms with E-state index in [9.17, 15) is 9.59 Å². The van der Waals surface area contributed by atoms with Crippen LogP contribution in [0, 0.1) is 0 Å². The van der Waals surface area contributed by atoms with Gasteiger partial charge in [0.1, 0.15) is 0 Å². The Balaban J connectivity index is 0.00000306. The summed E-state index contributed by atoms with van der Waals surface area (Å²) in [5.74, 6) is 1.09. The average molecular weight is 566 g/mol. The zero-order chi connectivity index (χ0) is 22.3. The molecule has 2 saturated heterocycles. The van der Waals surface area contributed by atoms with Gasteiger partial charge in [-0.1, -0.05) is 12.1 Å². The summed E-state index contributed by atoms with van der Waals surface area (Å²) in [6, 6.07) is 11.2. The van der Waals surface area contributed by atoms with E-state index >= 15 is 0 Å². The summed E-state index contributed by atoms with van der Waals surface area (Å²) in [6.07, 6.45) is 3.66. The summed E-state index contributed by atoms with van der Waals surface area (Å²) >= 11 is 0. The molecule has 10 heteroatoms. The van der Waals surface area contributed by atoms with Crippen molar-refractivity contribution in [2.45, 2.75) is 19.4 Å². The van der Waals surface area contributed by atoms with Crippen LogP contribution < -0.4 is 10.6 Å². The van der Waals surface area contributed by atoms with Gasteiger partial charge in [-0.25, -0.2) is 4.79 Å².